The van der Waals surface area contributed by atoms with Crippen molar-refractivity contribution in [2.45, 2.75) is 20.3 Å². The standard InChI is InChI=1S/C10H10ClNS/c1-3-8-4-5-9(13-8)10(11)7(2)6-12/h4-5H,3H2,1-2H3/b10-7+. The highest BCUT2D eigenvalue weighted by Crippen LogP contribution is 2.29. The van der Waals surface area contributed by atoms with E-state index < -0.39 is 0 Å². The number of nitriles is 1. The summed E-state index contributed by atoms with van der Waals surface area (Å²) in [6.07, 6.45) is 1.01. The third-order valence-electron chi connectivity index (χ3n) is 1.72. The molecule has 0 fully saturated rings. The lowest BCUT2D eigenvalue weighted by Crippen LogP contribution is -1.74. The second-order valence-electron chi connectivity index (χ2n) is 2.67. The number of hydrogen-bond donors (Lipinski definition) is 0. The van der Waals surface area contributed by atoms with E-state index in [4.69, 9.17) is 16.9 Å². The average molecular weight is 212 g/mol. The summed E-state index contributed by atoms with van der Waals surface area (Å²) in [6.45, 7) is 3.83. The molecular formula is C10H10ClNS. The molecule has 0 radical (unpaired) electrons. The average Bonchev–Trinajstić information content (AvgIpc) is 2.63. The zero-order valence-electron chi connectivity index (χ0n) is 7.60. The molecule has 0 unspecified atom stereocenters. The minimum atomic E-state index is 0.575. The first-order valence-electron chi connectivity index (χ1n) is 4.04. The Morgan fingerprint density at radius 1 is 1.62 bits per heavy atom. The number of halogens is 1. The van der Waals surface area contributed by atoms with Crippen LogP contribution in [0.1, 0.15) is 23.6 Å². The summed E-state index contributed by atoms with van der Waals surface area (Å²) in [6, 6.07) is 6.06. The molecule has 0 bridgehead atoms. The second-order valence-corrected chi connectivity index (χ2v) is 4.22. The van der Waals surface area contributed by atoms with E-state index in [0.29, 0.717) is 10.6 Å². The summed E-state index contributed by atoms with van der Waals surface area (Å²) in [4.78, 5) is 2.27. The maximum atomic E-state index is 8.64. The van der Waals surface area contributed by atoms with E-state index in [2.05, 4.69) is 6.92 Å². The molecule has 1 aromatic heterocycles. The Balaban J connectivity index is 3.04. The predicted molar refractivity (Wildman–Crippen MR) is 57.8 cm³/mol. The van der Waals surface area contributed by atoms with Crippen molar-refractivity contribution < 1.29 is 0 Å². The summed E-state index contributed by atoms with van der Waals surface area (Å²) >= 11 is 7.64. The number of thiophene rings is 1. The number of hydrogen-bond acceptors (Lipinski definition) is 2. The molecule has 1 rings (SSSR count). The van der Waals surface area contributed by atoms with E-state index in [1.807, 2.05) is 18.2 Å². The topological polar surface area (TPSA) is 23.8 Å². The van der Waals surface area contributed by atoms with Gasteiger partial charge in [-0.05, 0) is 25.5 Å². The molecule has 0 saturated carbocycles. The van der Waals surface area contributed by atoms with Crippen molar-refractivity contribution in [2.75, 3.05) is 0 Å². The molecule has 0 amide bonds. The lowest BCUT2D eigenvalue weighted by molar-refractivity contribution is 1.19. The Kier molecular flexibility index (Phi) is 3.53. The van der Waals surface area contributed by atoms with Crippen molar-refractivity contribution >= 4 is 28.0 Å². The molecule has 0 spiro atoms. The molecule has 13 heavy (non-hydrogen) atoms. The van der Waals surface area contributed by atoms with Gasteiger partial charge in [-0.15, -0.1) is 11.3 Å². The summed E-state index contributed by atoms with van der Waals surface area (Å²) < 4.78 is 0. The smallest absolute Gasteiger partial charge is 0.0960 e. The van der Waals surface area contributed by atoms with E-state index in [-0.39, 0.29) is 0 Å². The fourth-order valence-corrected chi connectivity index (χ4v) is 2.08. The predicted octanol–water partition coefficient (Wildman–Crippen LogP) is 3.80. The minimum absolute atomic E-state index is 0.575. The van der Waals surface area contributed by atoms with Gasteiger partial charge in [0, 0.05) is 15.3 Å². The van der Waals surface area contributed by atoms with E-state index in [1.54, 1.807) is 18.3 Å². The van der Waals surface area contributed by atoms with Gasteiger partial charge in [0.25, 0.3) is 0 Å². The van der Waals surface area contributed by atoms with Gasteiger partial charge in [0.2, 0.25) is 0 Å². The third-order valence-corrected chi connectivity index (χ3v) is 3.57. The molecule has 0 aliphatic carbocycles. The largest absolute Gasteiger partial charge is 0.193 e. The normalized spacial score (nSPS) is 12.2. The fraction of sp³-hybridized carbons (Fsp3) is 0.300. The second kappa shape index (κ2) is 4.45. The van der Waals surface area contributed by atoms with Crippen LogP contribution in [0.4, 0.5) is 0 Å². The van der Waals surface area contributed by atoms with Crippen molar-refractivity contribution in [1.29, 1.82) is 5.26 Å². The van der Waals surface area contributed by atoms with Crippen LogP contribution in [0.3, 0.4) is 0 Å². The van der Waals surface area contributed by atoms with Crippen LogP contribution in [-0.4, -0.2) is 0 Å². The Morgan fingerprint density at radius 3 is 2.77 bits per heavy atom. The van der Waals surface area contributed by atoms with Gasteiger partial charge in [-0.2, -0.15) is 5.26 Å². The van der Waals surface area contributed by atoms with Crippen LogP contribution in [0.2, 0.25) is 0 Å². The van der Waals surface area contributed by atoms with Gasteiger partial charge in [-0.1, -0.05) is 18.5 Å². The van der Waals surface area contributed by atoms with Crippen LogP contribution in [-0.2, 0) is 6.42 Å². The highest BCUT2D eigenvalue weighted by Gasteiger charge is 2.05. The molecule has 1 heterocycles. The highest BCUT2D eigenvalue weighted by atomic mass is 35.5. The van der Waals surface area contributed by atoms with Crippen molar-refractivity contribution in [2.24, 2.45) is 0 Å². The first kappa shape index (κ1) is 10.3. The Labute approximate surface area is 87.3 Å². The van der Waals surface area contributed by atoms with Crippen molar-refractivity contribution in [3.63, 3.8) is 0 Å². The van der Waals surface area contributed by atoms with E-state index in [1.165, 1.54) is 4.88 Å². The molecule has 3 heteroatoms. The third kappa shape index (κ3) is 2.33. The molecule has 68 valence electrons. The number of rotatable bonds is 2. The molecule has 0 atom stereocenters. The van der Waals surface area contributed by atoms with Crippen LogP contribution in [0.25, 0.3) is 5.03 Å². The van der Waals surface area contributed by atoms with Gasteiger partial charge in [-0.25, -0.2) is 0 Å². The molecule has 0 aliphatic heterocycles. The van der Waals surface area contributed by atoms with Gasteiger partial charge in [0.1, 0.15) is 0 Å². The van der Waals surface area contributed by atoms with Crippen LogP contribution in [0.15, 0.2) is 17.7 Å². The van der Waals surface area contributed by atoms with Gasteiger partial charge in [0.15, 0.2) is 0 Å². The van der Waals surface area contributed by atoms with E-state index in [9.17, 15) is 0 Å². The monoisotopic (exact) mass is 211 g/mol. The molecule has 1 aromatic rings. The Morgan fingerprint density at radius 2 is 2.31 bits per heavy atom. The molecule has 0 saturated heterocycles. The van der Waals surface area contributed by atoms with Crippen LogP contribution in [0.5, 0.6) is 0 Å². The van der Waals surface area contributed by atoms with Gasteiger partial charge in [-0.3, -0.25) is 0 Å². The Hall–Kier alpha value is -0.780. The SMILES string of the molecule is CCc1ccc(/C(Cl)=C(/C)C#N)s1. The zero-order valence-corrected chi connectivity index (χ0v) is 9.17. The number of nitrogens with zero attached hydrogens (tertiary/aromatic N) is 1. The summed E-state index contributed by atoms with van der Waals surface area (Å²) in [5.41, 5.74) is 0.575. The van der Waals surface area contributed by atoms with E-state index in [0.717, 1.165) is 11.3 Å². The summed E-state index contributed by atoms with van der Waals surface area (Å²) in [7, 11) is 0. The van der Waals surface area contributed by atoms with Gasteiger partial charge < -0.3 is 0 Å². The molecule has 0 N–H and O–H groups in total. The van der Waals surface area contributed by atoms with Crippen LogP contribution < -0.4 is 0 Å². The van der Waals surface area contributed by atoms with Gasteiger partial charge >= 0.3 is 0 Å². The zero-order chi connectivity index (χ0) is 9.84. The molecule has 1 nitrogen and oxygen atoms in total. The molecular weight excluding hydrogens is 202 g/mol. The van der Waals surface area contributed by atoms with E-state index >= 15 is 0 Å². The van der Waals surface area contributed by atoms with Crippen LogP contribution >= 0.6 is 22.9 Å². The van der Waals surface area contributed by atoms with Crippen molar-refractivity contribution in [3.8, 4) is 6.07 Å². The number of allylic oxidation sites excluding steroid dienone is 1. The lowest BCUT2D eigenvalue weighted by atomic mass is 10.3. The summed E-state index contributed by atoms with van der Waals surface area (Å²) in [5.74, 6) is 0. The van der Waals surface area contributed by atoms with Crippen molar-refractivity contribution in [3.05, 3.63) is 27.5 Å². The molecule has 0 aliphatic rings. The maximum Gasteiger partial charge on any atom is 0.0960 e. The number of aryl methyl sites for hydroxylation is 1. The first-order chi connectivity index (χ1) is 6.19. The quantitative estimate of drug-likeness (QED) is 0.683. The maximum absolute atomic E-state index is 8.64. The lowest BCUT2D eigenvalue weighted by Gasteiger charge is -1.93. The Bertz CT molecular complexity index is 371. The van der Waals surface area contributed by atoms with Crippen LogP contribution in [0, 0.1) is 11.3 Å². The summed E-state index contributed by atoms with van der Waals surface area (Å²) in [5, 5.41) is 9.22. The van der Waals surface area contributed by atoms with Crippen molar-refractivity contribution in [1.82, 2.24) is 0 Å². The van der Waals surface area contributed by atoms with Gasteiger partial charge in [0.05, 0.1) is 11.1 Å². The fourth-order valence-electron chi connectivity index (χ4n) is 0.920. The minimum Gasteiger partial charge on any atom is -0.193 e. The molecule has 0 aromatic carbocycles. The first-order valence-corrected chi connectivity index (χ1v) is 5.24. The highest BCUT2D eigenvalue weighted by molar-refractivity contribution is 7.13.